The van der Waals surface area contributed by atoms with E-state index in [-0.39, 0.29) is 33.2 Å². The number of benzene rings is 2. The quantitative estimate of drug-likeness (QED) is 0.575. The molecule has 136 valence electrons. The number of rotatable bonds is 6. The maximum absolute atomic E-state index is 12.1. The highest BCUT2D eigenvalue weighted by molar-refractivity contribution is 6.36. The molecule has 0 saturated carbocycles. The van der Waals surface area contributed by atoms with E-state index < -0.39 is 11.9 Å². The van der Waals surface area contributed by atoms with Gasteiger partial charge in [0.05, 0.1) is 31.0 Å². The predicted octanol–water partition coefficient (Wildman–Crippen LogP) is 3.47. The van der Waals surface area contributed by atoms with Crippen molar-refractivity contribution in [3.63, 3.8) is 0 Å². The lowest BCUT2D eigenvalue weighted by molar-refractivity contribution is 0.0692. The second-order valence-electron chi connectivity index (χ2n) is 4.89. The number of carboxylic acid groups (broad SMARTS) is 1. The van der Waals surface area contributed by atoms with Crippen LogP contribution in [0, 0.1) is 0 Å². The molecule has 0 aliphatic carbocycles. The first-order chi connectivity index (χ1) is 12.4. The van der Waals surface area contributed by atoms with Crippen molar-refractivity contribution in [3.05, 3.63) is 57.1 Å². The Bertz CT molecular complexity index is 884. The Hall–Kier alpha value is -2.77. The number of nitrogens with zero attached hydrogens (tertiary/aromatic N) is 1. The number of halogens is 2. The molecular weight excluding hydrogens is 383 g/mol. The summed E-state index contributed by atoms with van der Waals surface area (Å²) >= 11 is 11.7. The Balaban J connectivity index is 2.27. The van der Waals surface area contributed by atoms with Crippen LogP contribution >= 0.6 is 23.2 Å². The molecule has 2 N–H and O–H groups in total. The summed E-state index contributed by atoms with van der Waals surface area (Å²) < 4.78 is 10.2. The fourth-order valence-corrected chi connectivity index (χ4v) is 2.66. The summed E-state index contributed by atoms with van der Waals surface area (Å²) in [5.74, 6) is -1.48. The molecule has 0 fully saturated rings. The summed E-state index contributed by atoms with van der Waals surface area (Å²) in [6, 6.07) is 7.41. The number of methoxy groups -OCH3 is 2. The van der Waals surface area contributed by atoms with Crippen molar-refractivity contribution in [2.45, 2.75) is 0 Å². The van der Waals surface area contributed by atoms with Crippen molar-refractivity contribution >= 4 is 41.3 Å². The maximum Gasteiger partial charge on any atom is 0.340 e. The topological polar surface area (TPSA) is 97.2 Å². The van der Waals surface area contributed by atoms with E-state index in [9.17, 15) is 14.7 Å². The monoisotopic (exact) mass is 396 g/mol. The van der Waals surface area contributed by atoms with Crippen LogP contribution in [0.15, 0.2) is 35.4 Å². The molecule has 0 aliphatic rings. The number of hydrogen-bond acceptors (Lipinski definition) is 5. The molecule has 0 aromatic heterocycles. The molecule has 0 spiro atoms. The van der Waals surface area contributed by atoms with E-state index in [4.69, 9.17) is 32.7 Å². The van der Waals surface area contributed by atoms with Crippen LogP contribution in [-0.4, -0.2) is 37.4 Å². The van der Waals surface area contributed by atoms with Crippen molar-refractivity contribution in [2.75, 3.05) is 14.2 Å². The lowest BCUT2D eigenvalue weighted by Gasteiger charge is -2.12. The van der Waals surface area contributed by atoms with E-state index in [0.29, 0.717) is 5.02 Å². The number of ether oxygens (including phenoxy) is 2. The Kier molecular flexibility index (Phi) is 6.43. The van der Waals surface area contributed by atoms with Crippen molar-refractivity contribution in [1.29, 1.82) is 0 Å². The van der Waals surface area contributed by atoms with Crippen LogP contribution < -0.4 is 14.9 Å². The summed E-state index contributed by atoms with van der Waals surface area (Å²) in [6.45, 7) is 0. The summed E-state index contributed by atoms with van der Waals surface area (Å²) in [5, 5.41) is 13.8. The van der Waals surface area contributed by atoms with E-state index in [1.54, 1.807) is 0 Å². The van der Waals surface area contributed by atoms with Gasteiger partial charge in [-0.15, -0.1) is 0 Å². The highest BCUT2D eigenvalue weighted by Gasteiger charge is 2.20. The molecule has 0 radical (unpaired) electrons. The number of nitrogens with one attached hydrogen (secondary N) is 1. The number of carbonyl (C=O) groups excluding carboxylic acids is 1. The number of carbonyl (C=O) groups is 2. The molecule has 2 rings (SSSR count). The van der Waals surface area contributed by atoms with Crippen molar-refractivity contribution in [3.8, 4) is 11.5 Å². The minimum Gasteiger partial charge on any atom is -0.493 e. The first kappa shape index (κ1) is 19.6. The first-order valence-electron chi connectivity index (χ1n) is 7.15. The molecule has 0 aliphatic heterocycles. The third kappa shape index (κ3) is 4.25. The van der Waals surface area contributed by atoms with Crippen LogP contribution in [0.5, 0.6) is 11.5 Å². The number of carboxylic acids is 1. The lowest BCUT2D eigenvalue weighted by Crippen LogP contribution is -2.18. The van der Waals surface area contributed by atoms with Crippen LogP contribution in [-0.2, 0) is 0 Å². The number of hydrogen-bond donors (Lipinski definition) is 2. The lowest BCUT2D eigenvalue weighted by atomic mass is 10.1. The van der Waals surface area contributed by atoms with Crippen molar-refractivity contribution < 1.29 is 24.2 Å². The van der Waals surface area contributed by atoms with E-state index in [1.165, 1.54) is 50.8 Å². The van der Waals surface area contributed by atoms with E-state index in [2.05, 4.69) is 10.5 Å². The maximum atomic E-state index is 12.1. The van der Waals surface area contributed by atoms with Gasteiger partial charge in [-0.3, -0.25) is 4.79 Å². The molecule has 26 heavy (non-hydrogen) atoms. The molecule has 2 aromatic carbocycles. The van der Waals surface area contributed by atoms with Gasteiger partial charge in [-0.25, -0.2) is 10.2 Å². The van der Waals surface area contributed by atoms with Crippen LogP contribution in [0.25, 0.3) is 0 Å². The number of aromatic carboxylic acids is 1. The Morgan fingerprint density at radius 1 is 1.15 bits per heavy atom. The van der Waals surface area contributed by atoms with Gasteiger partial charge in [-0.2, -0.15) is 5.10 Å². The normalized spacial score (nSPS) is 10.6. The molecule has 0 saturated heterocycles. The van der Waals surface area contributed by atoms with E-state index in [0.717, 1.165) is 0 Å². The standard InChI is InChI=1S/C17H14Cl2N2O5/c1-25-13-6-3-9(14(17(23)24)15(13)26-2)8-20-21-16(22)11-5-4-10(18)7-12(11)19/h3-8H,1-2H3,(H,21,22)(H,23,24)/b20-8+. The Morgan fingerprint density at radius 3 is 2.46 bits per heavy atom. The zero-order valence-electron chi connectivity index (χ0n) is 13.7. The molecular formula is C17H14Cl2N2O5. The van der Waals surface area contributed by atoms with Gasteiger partial charge in [0.1, 0.15) is 5.56 Å². The average molecular weight is 397 g/mol. The van der Waals surface area contributed by atoms with Gasteiger partial charge in [-0.05, 0) is 30.3 Å². The summed E-state index contributed by atoms with van der Waals surface area (Å²) in [6.07, 6.45) is 1.19. The van der Waals surface area contributed by atoms with Crippen LogP contribution in [0.2, 0.25) is 10.0 Å². The zero-order valence-corrected chi connectivity index (χ0v) is 15.3. The van der Waals surface area contributed by atoms with Gasteiger partial charge in [0.25, 0.3) is 5.91 Å². The fraction of sp³-hybridized carbons (Fsp3) is 0.118. The van der Waals surface area contributed by atoms with Crippen molar-refractivity contribution in [1.82, 2.24) is 5.43 Å². The van der Waals surface area contributed by atoms with Crippen LogP contribution in [0.3, 0.4) is 0 Å². The van der Waals surface area contributed by atoms with Gasteiger partial charge in [-0.1, -0.05) is 23.2 Å². The first-order valence-corrected chi connectivity index (χ1v) is 7.91. The Morgan fingerprint density at radius 2 is 1.88 bits per heavy atom. The number of amides is 1. The summed E-state index contributed by atoms with van der Waals surface area (Å²) in [7, 11) is 2.73. The molecule has 0 heterocycles. The SMILES string of the molecule is COc1ccc(/C=N/NC(=O)c2ccc(Cl)cc2Cl)c(C(=O)O)c1OC. The fourth-order valence-electron chi connectivity index (χ4n) is 2.16. The van der Waals surface area contributed by atoms with Gasteiger partial charge in [0, 0.05) is 10.6 Å². The molecule has 0 atom stereocenters. The van der Waals surface area contributed by atoms with E-state index in [1.807, 2.05) is 0 Å². The van der Waals surface area contributed by atoms with Gasteiger partial charge < -0.3 is 14.6 Å². The molecule has 9 heteroatoms. The Labute approximate surface area is 159 Å². The molecule has 0 bridgehead atoms. The van der Waals surface area contributed by atoms with Gasteiger partial charge in [0.2, 0.25) is 0 Å². The highest BCUT2D eigenvalue weighted by atomic mass is 35.5. The average Bonchev–Trinajstić information content (AvgIpc) is 2.60. The minimum absolute atomic E-state index is 0.0519. The van der Waals surface area contributed by atoms with Gasteiger partial charge >= 0.3 is 5.97 Å². The number of hydrazone groups is 1. The zero-order chi connectivity index (χ0) is 19.3. The van der Waals surface area contributed by atoms with Gasteiger partial charge in [0.15, 0.2) is 11.5 Å². The van der Waals surface area contributed by atoms with E-state index >= 15 is 0 Å². The highest BCUT2D eigenvalue weighted by Crippen LogP contribution is 2.32. The molecule has 0 unspecified atom stereocenters. The smallest absolute Gasteiger partial charge is 0.340 e. The van der Waals surface area contributed by atoms with Crippen LogP contribution in [0.1, 0.15) is 26.3 Å². The predicted molar refractivity (Wildman–Crippen MR) is 98.0 cm³/mol. The van der Waals surface area contributed by atoms with Crippen molar-refractivity contribution in [2.24, 2.45) is 5.10 Å². The summed E-state index contributed by atoms with van der Waals surface area (Å²) in [4.78, 5) is 23.6. The van der Waals surface area contributed by atoms with Crippen LogP contribution in [0.4, 0.5) is 0 Å². The molecule has 7 nitrogen and oxygen atoms in total. The largest absolute Gasteiger partial charge is 0.493 e. The third-order valence-electron chi connectivity index (χ3n) is 3.34. The second-order valence-corrected chi connectivity index (χ2v) is 5.74. The third-order valence-corrected chi connectivity index (χ3v) is 3.88. The minimum atomic E-state index is -1.23. The summed E-state index contributed by atoms with van der Waals surface area (Å²) in [5.41, 5.74) is 2.53. The second kappa shape index (κ2) is 8.55. The molecule has 2 aromatic rings. The molecule has 1 amide bonds.